The van der Waals surface area contributed by atoms with E-state index in [-0.39, 0.29) is 5.96 Å². The second-order valence-corrected chi connectivity index (χ2v) is 3.29. The third-order valence-corrected chi connectivity index (χ3v) is 1.50. The lowest BCUT2D eigenvalue weighted by atomic mass is 10.7. The third-order valence-electron chi connectivity index (χ3n) is 1.50. The van der Waals surface area contributed by atoms with E-state index in [0.29, 0.717) is 6.04 Å². The SMILES string of the molecule is CN(C)/C=N/C(=N/[N+](=O)[O-])NC1CC1. The Balaban J connectivity index is 2.55. The summed E-state index contributed by atoms with van der Waals surface area (Å²) in [5, 5.41) is 15.4. The lowest BCUT2D eigenvalue weighted by molar-refractivity contribution is -0.485. The van der Waals surface area contributed by atoms with Crippen molar-refractivity contribution in [2.24, 2.45) is 10.1 Å². The summed E-state index contributed by atoms with van der Waals surface area (Å²) >= 11 is 0. The summed E-state index contributed by atoms with van der Waals surface area (Å²) in [4.78, 5) is 15.7. The number of nitro groups is 1. The van der Waals surface area contributed by atoms with Crippen molar-refractivity contribution in [2.75, 3.05) is 14.1 Å². The number of nitrogens with one attached hydrogen (secondary N) is 1. The molecule has 1 saturated carbocycles. The van der Waals surface area contributed by atoms with Gasteiger partial charge in [0.1, 0.15) is 5.10 Å². The minimum absolute atomic E-state index is 0.0613. The standard InChI is InChI=1S/C7H13N5O2/c1-11(2)5-8-7(10-12(13)14)9-6-3-4-6/h5-6H,3-4H2,1-2H3,(H,9,10)/b8-5+. The van der Waals surface area contributed by atoms with Gasteiger partial charge in [-0.25, -0.2) is 10.1 Å². The Kier molecular flexibility index (Phi) is 3.38. The number of rotatable bonds is 3. The lowest BCUT2D eigenvalue weighted by Crippen LogP contribution is -2.26. The highest BCUT2D eigenvalue weighted by Gasteiger charge is 2.23. The van der Waals surface area contributed by atoms with Crippen molar-refractivity contribution in [3.63, 3.8) is 0 Å². The second kappa shape index (κ2) is 4.54. The van der Waals surface area contributed by atoms with Crippen molar-refractivity contribution < 1.29 is 5.03 Å². The summed E-state index contributed by atoms with van der Waals surface area (Å²) in [5.74, 6) is 0.0613. The number of hydrogen-bond donors (Lipinski definition) is 1. The number of aliphatic imine (C=N–C) groups is 1. The molecule has 1 rings (SSSR count). The van der Waals surface area contributed by atoms with Gasteiger partial charge >= 0.3 is 0 Å². The van der Waals surface area contributed by atoms with Gasteiger partial charge in [0.05, 0.1) is 6.34 Å². The predicted octanol–water partition coefficient (Wildman–Crippen LogP) is -0.124. The molecule has 0 radical (unpaired) electrons. The highest BCUT2D eigenvalue weighted by atomic mass is 16.7. The van der Waals surface area contributed by atoms with Crippen LogP contribution in [-0.2, 0) is 0 Å². The molecular formula is C7H13N5O2. The van der Waals surface area contributed by atoms with Crippen molar-refractivity contribution >= 4 is 12.3 Å². The van der Waals surface area contributed by atoms with Crippen LogP contribution in [0.5, 0.6) is 0 Å². The van der Waals surface area contributed by atoms with Gasteiger partial charge in [-0.3, -0.25) is 0 Å². The zero-order chi connectivity index (χ0) is 10.6. The average Bonchev–Trinajstić information content (AvgIpc) is 2.83. The molecule has 0 aromatic carbocycles. The summed E-state index contributed by atoms with van der Waals surface area (Å²) in [6.07, 6.45) is 3.51. The van der Waals surface area contributed by atoms with E-state index in [1.165, 1.54) is 6.34 Å². The highest BCUT2D eigenvalue weighted by molar-refractivity contribution is 5.87. The van der Waals surface area contributed by atoms with Gasteiger partial charge in [0, 0.05) is 20.1 Å². The van der Waals surface area contributed by atoms with Gasteiger partial charge in [-0.15, -0.1) is 0 Å². The van der Waals surface area contributed by atoms with Crippen molar-refractivity contribution in [3.05, 3.63) is 10.1 Å². The summed E-state index contributed by atoms with van der Waals surface area (Å²) in [6.45, 7) is 0. The molecule has 78 valence electrons. The van der Waals surface area contributed by atoms with E-state index in [9.17, 15) is 10.1 Å². The first-order chi connectivity index (χ1) is 6.58. The maximum absolute atomic E-state index is 10.1. The molecule has 0 saturated heterocycles. The number of hydrogen-bond acceptors (Lipinski definition) is 2. The zero-order valence-corrected chi connectivity index (χ0v) is 8.17. The summed E-state index contributed by atoms with van der Waals surface area (Å²) in [6, 6.07) is 0.299. The van der Waals surface area contributed by atoms with E-state index in [1.807, 2.05) is 0 Å². The van der Waals surface area contributed by atoms with Crippen LogP contribution >= 0.6 is 0 Å². The molecule has 1 N–H and O–H groups in total. The molecule has 0 atom stereocenters. The second-order valence-electron chi connectivity index (χ2n) is 3.29. The maximum atomic E-state index is 10.1. The molecular weight excluding hydrogens is 186 g/mol. The number of nitrogens with zero attached hydrogens (tertiary/aromatic N) is 4. The van der Waals surface area contributed by atoms with Crippen LogP contribution in [0.1, 0.15) is 12.8 Å². The fourth-order valence-corrected chi connectivity index (χ4v) is 0.750. The lowest BCUT2D eigenvalue weighted by Gasteiger charge is -2.03. The summed E-state index contributed by atoms with van der Waals surface area (Å²) < 4.78 is 0. The van der Waals surface area contributed by atoms with Gasteiger partial charge < -0.3 is 10.2 Å². The molecule has 1 fully saturated rings. The Morgan fingerprint density at radius 2 is 2.29 bits per heavy atom. The topological polar surface area (TPSA) is 83.1 Å². The van der Waals surface area contributed by atoms with E-state index < -0.39 is 5.03 Å². The quantitative estimate of drug-likeness (QED) is 0.297. The summed E-state index contributed by atoms with van der Waals surface area (Å²) in [5.41, 5.74) is 0. The maximum Gasteiger partial charge on any atom is 0.296 e. The smallest absolute Gasteiger partial charge is 0.296 e. The van der Waals surface area contributed by atoms with E-state index in [1.54, 1.807) is 19.0 Å². The predicted molar refractivity (Wildman–Crippen MR) is 52.8 cm³/mol. The molecule has 7 heteroatoms. The molecule has 0 heterocycles. The molecule has 0 aromatic heterocycles. The van der Waals surface area contributed by atoms with Crippen LogP contribution in [0.3, 0.4) is 0 Å². The number of guanidine groups is 1. The first-order valence-corrected chi connectivity index (χ1v) is 4.28. The van der Waals surface area contributed by atoms with Crippen LogP contribution in [-0.4, -0.2) is 42.4 Å². The molecule has 0 spiro atoms. The van der Waals surface area contributed by atoms with Gasteiger partial charge in [-0.2, -0.15) is 4.99 Å². The average molecular weight is 199 g/mol. The molecule has 14 heavy (non-hydrogen) atoms. The van der Waals surface area contributed by atoms with Gasteiger partial charge in [0.15, 0.2) is 5.03 Å². The van der Waals surface area contributed by atoms with Crippen LogP contribution in [0.15, 0.2) is 10.1 Å². The van der Waals surface area contributed by atoms with Crippen LogP contribution in [0.4, 0.5) is 0 Å². The fourth-order valence-electron chi connectivity index (χ4n) is 0.750. The zero-order valence-electron chi connectivity index (χ0n) is 8.17. The van der Waals surface area contributed by atoms with E-state index in [4.69, 9.17) is 0 Å². The van der Waals surface area contributed by atoms with Crippen molar-refractivity contribution in [1.29, 1.82) is 0 Å². The Morgan fingerprint density at radius 3 is 2.71 bits per heavy atom. The molecule has 0 bridgehead atoms. The first kappa shape index (κ1) is 10.4. The number of hydrazone groups is 1. The molecule has 7 nitrogen and oxygen atoms in total. The van der Waals surface area contributed by atoms with Gasteiger partial charge in [-0.1, -0.05) is 0 Å². The molecule has 1 aliphatic carbocycles. The Morgan fingerprint density at radius 1 is 1.64 bits per heavy atom. The van der Waals surface area contributed by atoms with Crippen LogP contribution in [0.2, 0.25) is 0 Å². The summed E-state index contributed by atoms with van der Waals surface area (Å²) in [7, 11) is 3.56. The molecule has 1 aliphatic rings. The van der Waals surface area contributed by atoms with Crippen molar-refractivity contribution in [3.8, 4) is 0 Å². The van der Waals surface area contributed by atoms with Crippen molar-refractivity contribution in [2.45, 2.75) is 18.9 Å². The molecule has 0 aliphatic heterocycles. The van der Waals surface area contributed by atoms with E-state index in [2.05, 4.69) is 15.4 Å². The van der Waals surface area contributed by atoms with Crippen LogP contribution in [0.25, 0.3) is 0 Å². The van der Waals surface area contributed by atoms with Gasteiger partial charge in [-0.05, 0) is 12.8 Å². The molecule has 0 unspecified atom stereocenters. The van der Waals surface area contributed by atoms with Crippen molar-refractivity contribution in [1.82, 2.24) is 10.2 Å². The Hall–Kier alpha value is -1.66. The minimum atomic E-state index is -0.752. The van der Waals surface area contributed by atoms with E-state index in [0.717, 1.165) is 12.8 Å². The molecule has 0 aromatic rings. The van der Waals surface area contributed by atoms with Crippen LogP contribution in [0, 0.1) is 10.1 Å². The third kappa shape index (κ3) is 4.39. The van der Waals surface area contributed by atoms with Gasteiger partial charge in [0.2, 0.25) is 0 Å². The highest BCUT2D eigenvalue weighted by Crippen LogP contribution is 2.18. The van der Waals surface area contributed by atoms with E-state index >= 15 is 0 Å². The normalized spacial score (nSPS) is 17.1. The largest absolute Gasteiger partial charge is 0.369 e. The minimum Gasteiger partial charge on any atom is -0.369 e. The first-order valence-electron chi connectivity index (χ1n) is 4.28. The Labute approximate surface area is 81.6 Å². The Bertz CT molecular complexity index is 269. The molecule has 0 amide bonds. The van der Waals surface area contributed by atoms with Gasteiger partial charge in [0.25, 0.3) is 5.96 Å². The van der Waals surface area contributed by atoms with Crippen LogP contribution < -0.4 is 5.32 Å². The monoisotopic (exact) mass is 199 g/mol. The fraction of sp³-hybridized carbons (Fsp3) is 0.714.